The van der Waals surface area contributed by atoms with Gasteiger partial charge < -0.3 is 10.0 Å². The van der Waals surface area contributed by atoms with Crippen LogP contribution in [0.15, 0.2) is 11.4 Å². The molecule has 1 N–H and O–H groups in total. The van der Waals surface area contributed by atoms with E-state index in [1.165, 1.54) is 0 Å². The summed E-state index contributed by atoms with van der Waals surface area (Å²) in [6.45, 7) is 5.26. The lowest BCUT2D eigenvalue weighted by Gasteiger charge is -2.26. The average Bonchev–Trinajstić information content (AvgIpc) is 3.04. The number of rotatable bonds is 2. The minimum absolute atomic E-state index is 0.0720. The van der Waals surface area contributed by atoms with Crippen LogP contribution < -0.4 is 0 Å². The van der Waals surface area contributed by atoms with Gasteiger partial charge in [0.2, 0.25) is 0 Å². The number of hydrogen-bond donors (Lipinski definition) is 1. The molecule has 4 heteroatoms. The molecular weight excluding hydrogens is 246 g/mol. The predicted molar refractivity (Wildman–Crippen MR) is 71.8 cm³/mol. The van der Waals surface area contributed by atoms with E-state index in [1.54, 1.807) is 11.3 Å². The molecule has 2 heterocycles. The van der Waals surface area contributed by atoms with Crippen molar-refractivity contribution in [2.24, 2.45) is 11.8 Å². The molecule has 98 valence electrons. The van der Waals surface area contributed by atoms with Crippen molar-refractivity contribution in [1.82, 2.24) is 4.90 Å². The molecule has 1 aliphatic heterocycles. The van der Waals surface area contributed by atoms with Gasteiger partial charge in [-0.05, 0) is 31.7 Å². The first kappa shape index (κ1) is 12.2. The molecule has 2 fully saturated rings. The summed E-state index contributed by atoms with van der Waals surface area (Å²) in [5, 5.41) is 12.6. The van der Waals surface area contributed by atoms with Gasteiger partial charge in [-0.25, -0.2) is 0 Å². The molecule has 3 rings (SSSR count). The van der Waals surface area contributed by atoms with E-state index < -0.39 is 5.60 Å². The summed E-state index contributed by atoms with van der Waals surface area (Å²) < 4.78 is 0. The summed E-state index contributed by atoms with van der Waals surface area (Å²) in [5.41, 5.74) is 0.130. The Bertz CT molecular complexity index is 480. The lowest BCUT2D eigenvalue weighted by atomic mass is 9.88. The Labute approximate surface area is 111 Å². The van der Waals surface area contributed by atoms with Crippen LogP contribution in [0.1, 0.15) is 35.0 Å². The van der Waals surface area contributed by atoms with E-state index >= 15 is 0 Å². The minimum atomic E-state index is -0.638. The van der Waals surface area contributed by atoms with E-state index in [0.29, 0.717) is 19.0 Å². The lowest BCUT2D eigenvalue weighted by molar-refractivity contribution is -0.00363. The summed E-state index contributed by atoms with van der Waals surface area (Å²) >= 11 is 1.60. The second kappa shape index (κ2) is 4.07. The maximum Gasteiger partial charge on any atom is 0.254 e. The Balaban J connectivity index is 1.77. The van der Waals surface area contributed by atoms with Gasteiger partial charge >= 0.3 is 0 Å². The van der Waals surface area contributed by atoms with Gasteiger partial charge in [-0.1, -0.05) is 6.92 Å². The molecule has 1 saturated heterocycles. The van der Waals surface area contributed by atoms with Crippen LogP contribution in [0.5, 0.6) is 0 Å². The molecule has 18 heavy (non-hydrogen) atoms. The van der Waals surface area contributed by atoms with Crippen molar-refractivity contribution >= 4 is 17.2 Å². The molecule has 2 atom stereocenters. The molecule has 1 aromatic rings. The number of likely N-dealkylation sites (tertiary alicyclic amines) is 1. The quantitative estimate of drug-likeness (QED) is 0.891. The first-order valence-corrected chi connectivity index (χ1v) is 7.45. The van der Waals surface area contributed by atoms with Crippen LogP contribution in [-0.2, 0) is 0 Å². The third kappa shape index (κ3) is 1.88. The zero-order valence-electron chi connectivity index (χ0n) is 10.8. The molecule has 1 amide bonds. The van der Waals surface area contributed by atoms with Gasteiger partial charge in [0.25, 0.3) is 5.91 Å². The van der Waals surface area contributed by atoms with E-state index in [0.717, 1.165) is 23.3 Å². The van der Waals surface area contributed by atoms with Crippen molar-refractivity contribution < 1.29 is 9.90 Å². The SMILES string of the molecule is Cc1cc(C(=O)N2C[C@@H](C)[C@](O)(C3CC3)C2)cs1. The Hall–Kier alpha value is -0.870. The maximum absolute atomic E-state index is 12.4. The number of amides is 1. The number of β-amino-alcohol motifs (C(OH)–C–C–N with tert-alkyl or cyclic N) is 1. The standard InChI is InChI=1S/C14H19NO2S/c1-9-6-15(8-14(9,17)12-3-4-12)13(16)11-5-10(2)18-7-11/h5,7,9,12,17H,3-4,6,8H2,1-2H3/t9-,14+/m1/s1. The number of nitrogens with zero attached hydrogens (tertiary/aromatic N) is 1. The fourth-order valence-corrected chi connectivity index (χ4v) is 3.70. The first-order valence-electron chi connectivity index (χ1n) is 6.57. The Morgan fingerprint density at radius 3 is 2.83 bits per heavy atom. The Morgan fingerprint density at radius 2 is 2.28 bits per heavy atom. The summed E-state index contributed by atoms with van der Waals surface area (Å²) in [6.07, 6.45) is 2.22. The number of carbonyl (C=O) groups excluding carboxylic acids is 1. The van der Waals surface area contributed by atoms with Crippen LogP contribution in [-0.4, -0.2) is 34.6 Å². The van der Waals surface area contributed by atoms with Crippen molar-refractivity contribution in [3.05, 3.63) is 21.9 Å². The van der Waals surface area contributed by atoms with Gasteiger partial charge in [0.1, 0.15) is 0 Å². The van der Waals surface area contributed by atoms with E-state index in [9.17, 15) is 9.90 Å². The Kier molecular flexibility index (Phi) is 2.75. The molecular formula is C14H19NO2S. The van der Waals surface area contributed by atoms with E-state index in [4.69, 9.17) is 0 Å². The number of thiophene rings is 1. The van der Waals surface area contributed by atoms with Crippen molar-refractivity contribution in [3.63, 3.8) is 0 Å². The van der Waals surface area contributed by atoms with Crippen LogP contribution in [0.4, 0.5) is 0 Å². The highest BCUT2D eigenvalue weighted by Crippen LogP contribution is 2.47. The number of aliphatic hydroxyl groups is 1. The third-order valence-corrected chi connectivity index (χ3v) is 5.20. The largest absolute Gasteiger partial charge is 0.387 e. The van der Waals surface area contributed by atoms with E-state index in [-0.39, 0.29) is 11.8 Å². The summed E-state index contributed by atoms with van der Waals surface area (Å²) in [7, 11) is 0. The van der Waals surface area contributed by atoms with Crippen molar-refractivity contribution in [3.8, 4) is 0 Å². The normalized spacial score (nSPS) is 31.9. The van der Waals surface area contributed by atoms with Crippen molar-refractivity contribution in [2.45, 2.75) is 32.3 Å². The summed E-state index contributed by atoms with van der Waals surface area (Å²) in [4.78, 5) is 15.3. The highest BCUT2D eigenvalue weighted by Gasteiger charge is 2.53. The van der Waals surface area contributed by atoms with Crippen LogP contribution in [0.25, 0.3) is 0 Å². The highest BCUT2D eigenvalue weighted by atomic mass is 32.1. The van der Waals surface area contributed by atoms with Gasteiger partial charge in [-0.3, -0.25) is 4.79 Å². The summed E-state index contributed by atoms with van der Waals surface area (Å²) in [6, 6.07) is 1.94. The lowest BCUT2D eigenvalue weighted by Crippen LogP contribution is -2.40. The third-order valence-electron chi connectivity index (χ3n) is 4.34. The first-order chi connectivity index (χ1) is 8.50. The Morgan fingerprint density at radius 1 is 1.56 bits per heavy atom. The van der Waals surface area contributed by atoms with Gasteiger partial charge in [0, 0.05) is 22.7 Å². The van der Waals surface area contributed by atoms with E-state index in [1.807, 2.05) is 23.3 Å². The second-order valence-corrected chi connectivity index (χ2v) is 6.91. The molecule has 0 spiro atoms. The molecule has 2 aliphatic rings. The second-order valence-electron chi connectivity index (χ2n) is 5.80. The van der Waals surface area contributed by atoms with Crippen LogP contribution in [0.3, 0.4) is 0 Å². The topological polar surface area (TPSA) is 40.5 Å². The number of carbonyl (C=O) groups is 1. The summed E-state index contributed by atoms with van der Waals surface area (Å²) in [5.74, 6) is 0.672. The molecule has 0 radical (unpaired) electrons. The van der Waals surface area contributed by atoms with Crippen LogP contribution in [0.2, 0.25) is 0 Å². The molecule has 0 bridgehead atoms. The van der Waals surface area contributed by atoms with Crippen molar-refractivity contribution in [2.75, 3.05) is 13.1 Å². The van der Waals surface area contributed by atoms with Gasteiger partial charge in [0.05, 0.1) is 17.7 Å². The monoisotopic (exact) mass is 265 g/mol. The maximum atomic E-state index is 12.4. The molecule has 3 nitrogen and oxygen atoms in total. The predicted octanol–water partition coefficient (Wildman–Crippen LogP) is 2.29. The zero-order valence-corrected chi connectivity index (χ0v) is 11.7. The zero-order chi connectivity index (χ0) is 12.9. The average molecular weight is 265 g/mol. The van der Waals surface area contributed by atoms with Gasteiger partial charge in [-0.2, -0.15) is 0 Å². The molecule has 1 aromatic heterocycles. The number of hydrogen-bond acceptors (Lipinski definition) is 3. The fraction of sp³-hybridized carbons (Fsp3) is 0.643. The van der Waals surface area contributed by atoms with Crippen LogP contribution in [0, 0.1) is 18.8 Å². The minimum Gasteiger partial charge on any atom is -0.387 e. The smallest absolute Gasteiger partial charge is 0.254 e. The highest BCUT2D eigenvalue weighted by molar-refractivity contribution is 7.10. The van der Waals surface area contributed by atoms with Crippen molar-refractivity contribution in [1.29, 1.82) is 0 Å². The molecule has 1 saturated carbocycles. The number of aryl methyl sites for hydroxylation is 1. The molecule has 1 aliphatic carbocycles. The van der Waals surface area contributed by atoms with E-state index in [2.05, 4.69) is 6.92 Å². The van der Waals surface area contributed by atoms with Gasteiger partial charge in [0.15, 0.2) is 0 Å². The van der Waals surface area contributed by atoms with Gasteiger partial charge in [-0.15, -0.1) is 11.3 Å². The van der Waals surface area contributed by atoms with Crippen LogP contribution >= 0.6 is 11.3 Å². The molecule has 0 unspecified atom stereocenters. The fourth-order valence-electron chi connectivity index (χ4n) is 3.02. The molecule has 0 aromatic carbocycles.